The third kappa shape index (κ3) is 6.65. The van der Waals surface area contributed by atoms with Gasteiger partial charge in [0.2, 0.25) is 0 Å². The van der Waals surface area contributed by atoms with E-state index in [9.17, 15) is 40.7 Å². The number of carbonyl (C=O) groups is 3. The second-order valence-electron chi connectivity index (χ2n) is 9.28. The van der Waals surface area contributed by atoms with Crippen molar-refractivity contribution in [2.24, 2.45) is 0 Å². The number of halogens is 6. The van der Waals surface area contributed by atoms with Crippen molar-refractivity contribution >= 4 is 23.8 Å². The monoisotopic (exact) mass is 606 g/mol. The molecule has 0 N–H and O–H groups in total. The summed E-state index contributed by atoms with van der Waals surface area (Å²) in [4.78, 5) is 40.6. The fourth-order valence-electron chi connectivity index (χ4n) is 4.78. The third-order valence-corrected chi connectivity index (χ3v) is 6.63. The van der Waals surface area contributed by atoms with Crippen LogP contribution < -0.4 is 9.64 Å². The molecule has 2 aromatic rings. The van der Waals surface area contributed by atoms with Crippen molar-refractivity contribution in [1.29, 1.82) is 0 Å². The Balaban J connectivity index is 2.25. The van der Waals surface area contributed by atoms with Crippen LogP contribution in [0.4, 0.5) is 41.6 Å². The number of ether oxygens (including phenoxy) is 4. The average molecular weight is 607 g/mol. The van der Waals surface area contributed by atoms with Gasteiger partial charge in [-0.3, -0.25) is 9.80 Å². The lowest BCUT2D eigenvalue weighted by Crippen LogP contribution is -2.47. The van der Waals surface area contributed by atoms with Crippen LogP contribution >= 0.6 is 0 Å². The summed E-state index contributed by atoms with van der Waals surface area (Å²) in [6.07, 6.45) is -12.1. The van der Waals surface area contributed by atoms with Gasteiger partial charge in [-0.05, 0) is 56.2 Å². The summed E-state index contributed by atoms with van der Waals surface area (Å²) >= 11 is 0. The summed E-state index contributed by atoms with van der Waals surface area (Å²) in [7, 11) is 3.37. The first-order chi connectivity index (χ1) is 19.6. The Morgan fingerprint density at radius 2 is 1.52 bits per heavy atom. The number of carbonyl (C=O) groups excluding carboxylic acids is 3. The van der Waals surface area contributed by atoms with Crippen LogP contribution in [0.25, 0.3) is 0 Å². The van der Waals surface area contributed by atoms with Gasteiger partial charge in [0.05, 0.1) is 50.8 Å². The molecular weight excluding hydrogens is 578 g/mol. The van der Waals surface area contributed by atoms with Crippen LogP contribution in [-0.2, 0) is 33.1 Å². The van der Waals surface area contributed by atoms with E-state index in [2.05, 4.69) is 0 Å². The molecule has 0 saturated heterocycles. The molecule has 2 unspecified atom stereocenters. The number of rotatable bonds is 6. The first-order valence-electron chi connectivity index (χ1n) is 12.5. The standard InChI is InChI=1S/C27H28F6N2O7/c1-6-42-25(38)35-14(2)7-20(18-12-22(39-3)19(11-21(18)35)23(36)40-4)34(24(37)41-5)13-15-8-16(26(28,29)30)10-17(9-15)27(31,32)33/h8-12,14,20H,6-7,13H2,1-5H3. The molecule has 0 saturated carbocycles. The van der Waals surface area contributed by atoms with E-state index in [1.54, 1.807) is 13.8 Å². The lowest BCUT2D eigenvalue weighted by Gasteiger charge is -2.42. The highest BCUT2D eigenvalue weighted by molar-refractivity contribution is 5.97. The molecule has 15 heteroatoms. The van der Waals surface area contributed by atoms with E-state index in [1.165, 1.54) is 24.1 Å². The lowest BCUT2D eigenvalue weighted by molar-refractivity contribution is -0.143. The quantitative estimate of drug-likeness (QED) is 0.208. The average Bonchev–Trinajstić information content (AvgIpc) is 2.92. The van der Waals surface area contributed by atoms with Gasteiger partial charge in [-0.1, -0.05) is 0 Å². The van der Waals surface area contributed by atoms with Gasteiger partial charge in [0, 0.05) is 18.2 Å². The van der Waals surface area contributed by atoms with Crippen molar-refractivity contribution in [3.8, 4) is 5.75 Å². The molecular formula is C27H28F6N2O7. The molecule has 2 aromatic carbocycles. The molecule has 1 aliphatic heterocycles. The van der Waals surface area contributed by atoms with Gasteiger partial charge in [-0.2, -0.15) is 26.3 Å². The Hall–Kier alpha value is -4.17. The van der Waals surface area contributed by atoms with Crippen LogP contribution in [-0.4, -0.2) is 57.0 Å². The first-order valence-corrected chi connectivity index (χ1v) is 12.5. The van der Waals surface area contributed by atoms with Crippen LogP contribution in [0.5, 0.6) is 5.75 Å². The van der Waals surface area contributed by atoms with Crippen LogP contribution in [0.3, 0.4) is 0 Å². The highest BCUT2D eigenvalue weighted by atomic mass is 19.4. The number of nitrogens with zero attached hydrogens (tertiary/aromatic N) is 2. The number of fused-ring (bicyclic) bond motifs is 1. The van der Waals surface area contributed by atoms with Crippen molar-refractivity contribution in [1.82, 2.24) is 4.90 Å². The molecule has 9 nitrogen and oxygen atoms in total. The fraction of sp³-hybridized carbons (Fsp3) is 0.444. The summed E-state index contributed by atoms with van der Waals surface area (Å²) < 4.78 is 101. The molecule has 0 aliphatic carbocycles. The van der Waals surface area contributed by atoms with E-state index in [4.69, 9.17) is 18.9 Å². The minimum atomic E-state index is -5.10. The first kappa shape index (κ1) is 32.3. The summed E-state index contributed by atoms with van der Waals surface area (Å²) in [5.74, 6) is -0.839. The topological polar surface area (TPSA) is 94.6 Å². The van der Waals surface area contributed by atoms with E-state index in [0.29, 0.717) is 12.1 Å². The lowest BCUT2D eigenvalue weighted by atomic mass is 9.89. The molecule has 1 aliphatic rings. The SMILES string of the molecule is CCOC(=O)N1c2cc(C(=O)OC)c(OC)cc2C(N(Cc2cc(C(F)(F)F)cc(C(F)(F)F)c2)C(=O)OC)CC1C. The summed E-state index contributed by atoms with van der Waals surface area (Å²) in [5, 5.41) is 0. The van der Waals surface area contributed by atoms with Gasteiger partial charge in [-0.15, -0.1) is 0 Å². The Labute approximate surface area is 236 Å². The van der Waals surface area contributed by atoms with Gasteiger partial charge in [-0.25, -0.2) is 14.4 Å². The van der Waals surface area contributed by atoms with Crippen molar-refractivity contribution in [2.45, 2.75) is 51.2 Å². The molecule has 1 heterocycles. The third-order valence-electron chi connectivity index (χ3n) is 6.63. The zero-order valence-corrected chi connectivity index (χ0v) is 23.2. The predicted octanol–water partition coefficient (Wildman–Crippen LogP) is 6.58. The molecule has 2 amide bonds. The van der Waals surface area contributed by atoms with Gasteiger partial charge in [0.1, 0.15) is 11.3 Å². The molecule has 0 aromatic heterocycles. The normalized spacial score (nSPS) is 16.8. The van der Waals surface area contributed by atoms with E-state index < -0.39 is 65.8 Å². The Bertz CT molecular complexity index is 1310. The molecule has 3 rings (SSSR count). The molecule has 0 spiro atoms. The molecule has 42 heavy (non-hydrogen) atoms. The Kier molecular flexibility index (Phi) is 9.53. The minimum absolute atomic E-state index is 0.00615. The zero-order chi connectivity index (χ0) is 31.6. The summed E-state index contributed by atoms with van der Waals surface area (Å²) in [6, 6.07) is 1.86. The highest BCUT2D eigenvalue weighted by Gasteiger charge is 2.42. The zero-order valence-electron chi connectivity index (χ0n) is 23.2. The summed E-state index contributed by atoms with van der Waals surface area (Å²) in [6.45, 7) is 2.45. The van der Waals surface area contributed by atoms with Crippen molar-refractivity contribution < 1.29 is 59.7 Å². The number of hydrogen-bond acceptors (Lipinski definition) is 7. The van der Waals surface area contributed by atoms with Crippen molar-refractivity contribution in [3.05, 3.63) is 58.1 Å². The van der Waals surface area contributed by atoms with Crippen LogP contribution in [0.2, 0.25) is 0 Å². The predicted molar refractivity (Wildman–Crippen MR) is 135 cm³/mol. The summed E-state index contributed by atoms with van der Waals surface area (Å²) in [5.41, 5.74) is -3.37. The van der Waals surface area contributed by atoms with Crippen LogP contribution in [0.15, 0.2) is 30.3 Å². The van der Waals surface area contributed by atoms with Crippen molar-refractivity contribution in [3.63, 3.8) is 0 Å². The minimum Gasteiger partial charge on any atom is -0.496 e. The second-order valence-corrected chi connectivity index (χ2v) is 9.28. The molecule has 2 atom stereocenters. The highest BCUT2D eigenvalue weighted by Crippen LogP contribution is 2.45. The van der Waals surface area contributed by atoms with Crippen LogP contribution in [0.1, 0.15) is 58.9 Å². The van der Waals surface area contributed by atoms with Gasteiger partial charge in [0.15, 0.2) is 0 Å². The smallest absolute Gasteiger partial charge is 0.416 e. The van der Waals surface area contributed by atoms with E-state index in [1.807, 2.05) is 0 Å². The van der Waals surface area contributed by atoms with Gasteiger partial charge < -0.3 is 18.9 Å². The second kappa shape index (κ2) is 12.4. The maximum Gasteiger partial charge on any atom is 0.416 e. The van der Waals surface area contributed by atoms with Crippen molar-refractivity contribution in [2.75, 3.05) is 32.8 Å². The molecule has 0 fully saturated rings. The molecule has 0 bridgehead atoms. The number of amides is 2. The fourth-order valence-corrected chi connectivity index (χ4v) is 4.78. The van der Waals surface area contributed by atoms with E-state index >= 15 is 0 Å². The maximum absolute atomic E-state index is 13.5. The van der Waals surface area contributed by atoms with E-state index in [-0.39, 0.29) is 41.7 Å². The van der Waals surface area contributed by atoms with Gasteiger partial charge in [0.25, 0.3) is 0 Å². The molecule has 0 radical (unpaired) electrons. The Morgan fingerprint density at radius 1 is 0.929 bits per heavy atom. The maximum atomic E-state index is 13.5. The molecule has 230 valence electrons. The number of methoxy groups -OCH3 is 3. The number of alkyl halides is 6. The van der Waals surface area contributed by atoms with Gasteiger partial charge >= 0.3 is 30.5 Å². The van der Waals surface area contributed by atoms with Crippen LogP contribution in [0, 0.1) is 0 Å². The number of anilines is 1. The largest absolute Gasteiger partial charge is 0.496 e. The number of benzene rings is 2. The number of hydrogen-bond donors (Lipinski definition) is 0. The Morgan fingerprint density at radius 3 is 2.00 bits per heavy atom. The number of esters is 1. The van der Waals surface area contributed by atoms with E-state index in [0.717, 1.165) is 19.1 Å².